The van der Waals surface area contributed by atoms with Gasteiger partial charge in [0.2, 0.25) is 5.43 Å². The molecule has 1 aliphatic heterocycles. The predicted molar refractivity (Wildman–Crippen MR) is 118 cm³/mol. The fourth-order valence-corrected chi connectivity index (χ4v) is 3.90. The Morgan fingerprint density at radius 3 is 2.60 bits per heavy atom. The highest BCUT2D eigenvalue weighted by Crippen LogP contribution is 2.22. The van der Waals surface area contributed by atoms with Gasteiger partial charge in [-0.25, -0.2) is 4.98 Å². The van der Waals surface area contributed by atoms with Crippen LogP contribution in [0.15, 0.2) is 47.4 Å². The molecule has 0 radical (unpaired) electrons. The van der Waals surface area contributed by atoms with Gasteiger partial charge in [0.15, 0.2) is 0 Å². The standard InChI is InChI=1S/C23H26N4O3/c1-4-25-15-20(21(28)19-9-8-16(2)24-22(19)25)23(29)27-12-10-26(11-13-27)17-6-5-7-18(14-17)30-3/h5-9,14-15H,4,10-13H2,1-3H3. The van der Waals surface area contributed by atoms with Crippen molar-refractivity contribution < 1.29 is 9.53 Å². The number of amides is 1. The van der Waals surface area contributed by atoms with Gasteiger partial charge in [0.25, 0.3) is 5.91 Å². The van der Waals surface area contributed by atoms with Crippen molar-refractivity contribution >= 4 is 22.6 Å². The van der Waals surface area contributed by atoms with Crippen LogP contribution in [0, 0.1) is 6.92 Å². The Hall–Kier alpha value is -3.35. The van der Waals surface area contributed by atoms with Crippen LogP contribution in [-0.4, -0.2) is 53.6 Å². The van der Waals surface area contributed by atoms with Crippen LogP contribution in [-0.2, 0) is 6.54 Å². The van der Waals surface area contributed by atoms with E-state index in [1.807, 2.05) is 48.7 Å². The third kappa shape index (κ3) is 3.63. The molecule has 0 N–H and O–H groups in total. The van der Waals surface area contributed by atoms with Crippen LogP contribution in [0.25, 0.3) is 11.0 Å². The van der Waals surface area contributed by atoms with Crippen molar-refractivity contribution in [2.24, 2.45) is 0 Å². The first-order valence-corrected chi connectivity index (χ1v) is 10.2. The van der Waals surface area contributed by atoms with Crippen LogP contribution in [0.4, 0.5) is 5.69 Å². The number of benzene rings is 1. The Bertz CT molecular complexity index is 1150. The van der Waals surface area contributed by atoms with Gasteiger partial charge < -0.3 is 19.1 Å². The number of aromatic nitrogens is 2. The Morgan fingerprint density at radius 1 is 1.13 bits per heavy atom. The summed E-state index contributed by atoms with van der Waals surface area (Å²) in [5, 5.41) is 0.489. The third-order valence-electron chi connectivity index (χ3n) is 5.62. The van der Waals surface area contributed by atoms with Crippen molar-refractivity contribution in [1.82, 2.24) is 14.5 Å². The molecule has 4 rings (SSSR count). The van der Waals surface area contributed by atoms with E-state index in [4.69, 9.17) is 4.74 Å². The number of methoxy groups -OCH3 is 1. The lowest BCUT2D eigenvalue weighted by atomic mass is 10.1. The molecule has 2 aromatic heterocycles. The van der Waals surface area contributed by atoms with E-state index in [0.29, 0.717) is 43.8 Å². The first kappa shape index (κ1) is 19.9. The molecule has 0 aliphatic carbocycles. The molecule has 1 saturated heterocycles. The molecule has 3 heterocycles. The Balaban J connectivity index is 1.57. The summed E-state index contributed by atoms with van der Waals surface area (Å²) in [6.07, 6.45) is 1.66. The average molecular weight is 406 g/mol. The highest BCUT2D eigenvalue weighted by atomic mass is 16.5. The number of carbonyl (C=O) groups excluding carboxylic acids is 1. The first-order chi connectivity index (χ1) is 14.5. The fraction of sp³-hybridized carbons (Fsp3) is 0.348. The average Bonchev–Trinajstić information content (AvgIpc) is 2.79. The summed E-state index contributed by atoms with van der Waals surface area (Å²) >= 11 is 0. The molecule has 0 bridgehead atoms. The van der Waals surface area contributed by atoms with E-state index >= 15 is 0 Å². The molecule has 156 valence electrons. The predicted octanol–water partition coefficient (Wildman–Crippen LogP) is 2.70. The van der Waals surface area contributed by atoms with E-state index in [2.05, 4.69) is 9.88 Å². The van der Waals surface area contributed by atoms with Crippen molar-refractivity contribution in [3.05, 3.63) is 64.1 Å². The molecular formula is C23H26N4O3. The summed E-state index contributed by atoms with van der Waals surface area (Å²) < 4.78 is 7.19. The summed E-state index contributed by atoms with van der Waals surface area (Å²) in [6, 6.07) is 11.5. The van der Waals surface area contributed by atoms with E-state index in [0.717, 1.165) is 17.1 Å². The zero-order valence-corrected chi connectivity index (χ0v) is 17.6. The quantitative estimate of drug-likeness (QED) is 0.666. The van der Waals surface area contributed by atoms with E-state index in [1.54, 1.807) is 24.3 Å². The summed E-state index contributed by atoms with van der Waals surface area (Å²) in [6.45, 7) is 7.04. The number of carbonyl (C=O) groups is 1. The lowest BCUT2D eigenvalue weighted by Gasteiger charge is -2.36. The molecule has 7 nitrogen and oxygen atoms in total. The molecule has 30 heavy (non-hydrogen) atoms. The normalized spacial score (nSPS) is 14.2. The zero-order chi connectivity index (χ0) is 21.3. The summed E-state index contributed by atoms with van der Waals surface area (Å²) in [5.74, 6) is 0.598. The van der Waals surface area contributed by atoms with Crippen LogP contribution >= 0.6 is 0 Å². The largest absolute Gasteiger partial charge is 0.497 e. The second kappa shape index (κ2) is 8.18. The monoisotopic (exact) mass is 406 g/mol. The Morgan fingerprint density at radius 2 is 1.90 bits per heavy atom. The number of piperazine rings is 1. The minimum absolute atomic E-state index is 0.213. The van der Waals surface area contributed by atoms with Gasteiger partial charge in [-0.1, -0.05) is 6.07 Å². The molecule has 0 unspecified atom stereocenters. The highest BCUT2D eigenvalue weighted by molar-refractivity contribution is 5.97. The van der Waals surface area contributed by atoms with Crippen LogP contribution in [0.5, 0.6) is 5.75 Å². The third-order valence-corrected chi connectivity index (χ3v) is 5.62. The molecule has 0 spiro atoms. The molecular weight excluding hydrogens is 380 g/mol. The fourth-order valence-electron chi connectivity index (χ4n) is 3.90. The van der Waals surface area contributed by atoms with E-state index in [1.165, 1.54) is 0 Å². The van der Waals surface area contributed by atoms with E-state index in [9.17, 15) is 9.59 Å². The van der Waals surface area contributed by atoms with Crippen LogP contribution in [0.1, 0.15) is 23.0 Å². The number of aryl methyl sites for hydroxylation is 2. The van der Waals surface area contributed by atoms with Crippen molar-refractivity contribution in [3.8, 4) is 5.75 Å². The van der Waals surface area contributed by atoms with Crippen LogP contribution in [0.2, 0.25) is 0 Å². The number of hydrogen-bond acceptors (Lipinski definition) is 5. The summed E-state index contributed by atoms with van der Waals surface area (Å²) in [5.41, 5.74) is 2.51. The van der Waals surface area contributed by atoms with Crippen molar-refractivity contribution in [1.29, 1.82) is 0 Å². The lowest BCUT2D eigenvalue weighted by Crippen LogP contribution is -2.49. The molecule has 0 atom stereocenters. The smallest absolute Gasteiger partial charge is 0.259 e. The highest BCUT2D eigenvalue weighted by Gasteiger charge is 2.25. The van der Waals surface area contributed by atoms with Crippen molar-refractivity contribution in [3.63, 3.8) is 0 Å². The molecule has 1 aliphatic rings. The van der Waals surface area contributed by atoms with Gasteiger partial charge in [-0.15, -0.1) is 0 Å². The van der Waals surface area contributed by atoms with Gasteiger partial charge in [0.05, 0.1) is 12.5 Å². The maximum Gasteiger partial charge on any atom is 0.259 e. The number of fused-ring (bicyclic) bond motifs is 1. The summed E-state index contributed by atoms with van der Waals surface area (Å²) in [7, 11) is 1.65. The number of nitrogens with zero attached hydrogens (tertiary/aromatic N) is 4. The number of rotatable bonds is 4. The SMILES string of the molecule is CCn1cc(C(=O)N2CCN(c3cccc(OC)c3)CC2)c(=O)c2ccc(C)nc21. The number of pyridine rings is 2. The van der Waals surface area contributed by atoms with Gasteiger partial charge >= 0.3 is 0 Å². The number of hydrogen-bond donors (Lipinski definition) is 0. The molecule has 1 aromatic carbocycles. The van der Waals surface area contributed by atoms with Gasteiger partial charge in [0, 0.05) is 56.4 Å². The minimum Gasteiger partial charge on any atom is -0.497 e. The topological polar surface area (TPSA) is 67.7 Å². The molecule has 0 saturated carbocycles. The lowest BCUT2D eigenvalue weighted by molar-refractivity contribution is 0.0745. The van der Waals surface area contributed by atoms with Crippen LogP contribution in [0.3, 0.4) is 0 Å². The first-order valence-electron chi connectivity index (χ1n) is 10.2. The second-order valence-electron chi connectivity index (χ2n) is 7.46. The number of anilines is 1. The van der Waals surface area contributed by atoms with Crippen LogP contribution < -0.4 is 15.1 Å². The van der Waals surface area contributed by atoms with Crippen molar-refractivity contribution in [2.45, 2.75) is 20.4 Å². The molecule has 7 heteroatoms. The Labute approximate surface area is 175 Å². The van der Waals surface area contributed by atoms with Crippen molar-refractivity contribution in [2.75, 3.05) is 38.2 Å². The van der Waals surface area contributed by atoms with Gasteiger partial charge in [-0.05, 0) is 38.1 Å². The minimum atomic E-state index is -0.248. The molecule has 1 fully saturated rings. The maximum absolute atomic E-state index is 13.2. The summed E-state index contributed by atoms with van der Waals surface area (Å²) in [4.78, 5) is 34.7. The second-order valence-corrected chi connectivity index (χ2v) is 7.46. The van der Waals surface area contributed by atoms with E-state index < -0.39 is 0 Å². The van der Waals surface area contributed by atoms with Gasteiger partial charge in [-0.2, -0.15) is 0 Å². The molecule has 1 amide bonds. The van der Waals surface area contributed by atoms with E-state index in [-0.39, 0.29) is 16.9 Å². The molecule has 3 aromatic rings. The van der Waals surface area contributed by atoms with Gasteiger partial charge in [0.1, 0.15) is 17.0 Å². The Kier molecular flexibility index (Phi) is 5.44. The van der Waals surface area contributed by atoms with Gasteiger partial charge in [-0.3, -0.25) is 9.59 Å². The zero-order valence-electron chi connectivity index (χ0n) is 17.6. The number of ether oxygens (including phenoxy) is 1. The maximum atomic E-state index is 13.2.